The van der Waals surface area contributed by atoms with Crippen LogP contribution in [0.2, 0.25) is 5.02 Å². The zero-order valence-electron chi connectivity index (χ0n) is 17.7. The second-order valence-electron chi connectivity index (χ2n) is 7.50. The Morgan fingerprint density at radius 1 is 0.676 bits per heavy atom. The van der Waals surface area contributed by atoms with Crippen molar-refractivity contribution in [1.29, 1.82) is 0 Å². The normalized spacial score (nSPS) is 10.9. The Balaban J connectivity index is 1.81. The standard InChI is InChI=1S/C27H17ClN2O3S/c28-19-9-7-8-18(16-19)23-14-15-24(33-23)22-17-25(31)29(20-10-3-1-4-11-20)27(34)30(26(22)32)21-12-5-2-6-13-21/h1-17H. The molecule has 0 radical (unpaired) electrons. The fourth-order valence-electron chi connectivity index (χ4n) is 3.73. The van der Waals surface area contributed by atoms with Gasteiger partial charge in [-0.05, 0) is 60.7 Å². The first-order valence-electron chi connectivity index (χ1n) is 10.4. The molecule has 0 atom stereocenters. The van der Waals surface area contributed by atoms with Gasteiger partial charge in [-0.15, -0.1) is 0 Å². The minimum Gasteiger partial charge on any atom is -0.456 e. The molecule has 0 N–H and O–H groups in total. The van der Waals surface area contributed by atoms with Gasteiger partial charge in [0.1, 0.15) is 11.5 Å². The number of benzene rings is 3. The molecule has 0 amide bonds. The first-order chi connectivity index (χ1) is 16.5. The number of aromatic nitrogens is 2. The predicted molar refractivity (Wildman–Crippen MR) is 137 cm³/mol. The summed E-state index contributed by atoms with van der Waals surface area (Å²) in [4.78, 5) is 27.2. The molecule has 0 spiro atoms. The molecule has 0 aliphatic heterocycles. The molecular formula is C27H17ClN2O3S. The molecule has 0 aliphatic rings. The molecule has 0 fully saturated rings. The van der Waals surface area contributed by atoms with E-state index in [1.54, 1.807) is 72.8 Å². The molecule has 0 unspecified atom stereocenters. The Kier molecular flexibility index (Phi) is 5.84. The summed E-state index contributed by atoms with van der Waals surface area (Å²) in [6, 6.07) is 29.8. The zero-order valence-corrected chi connectivity index (χ0v) is 19.3. The van der Waals surface area contributed by atoms with Crippen LogP contribution in [-0.4, -0.2) is 9.13 Å². The molecule has 3 aromatic carbocycles. The maximum atomic E-state index is 13.8. The predicted octanol–water partition coefficient (Wildman–Crippen LogP) is 6.30. The lowest BCUT2D eigenvalue weighted by Crippen LogP contribution is -2.21. The van der Waals surface area contributed by atoms with Gasteiger partial charge < -0.3 is 4.42 Å². The number of rotatable bonds is 4. The molecule has 7 heteroatoms. The van der Waals surface area contributed by atoms with E-state index in [-0.39, 0.29) is 16.1 Å². The highest BCUT2D eigenvalue weighted by Crippen LogP contribution is 2.28. The van der Waals surface area contributed by atoms with Crippen LogP contribution in [0.15, 0.2) is 117 Å². The highest BCUT2D eigenvalue weighted by atomic mass is 35.5. The van der Waals surface area contributed by atoms with Crippen molar-refractivity contribution in [2.24, 2.45) is 0 Å². The topological polar surface area (TPSA) is 57.1 Å². The summed E-state index contributed by atoms with van der Waals surface area (Å²) in [7, 11) is 0. The summed E-state index contributed by atoms with van der Waals surface area (Å²) in [5.74, 6) is 0.781. The van der Waals surface area contributed by atoms with Gasteiger partial charge in [0.05, 0.1) is 16.9 Å². The van der Waals surface area contributed by atoms with E-state index in [9.17, 15) is 9.59 Å². The van der Waals surface area contributed by atoms with Crippen molar-refractivity contribution in [3.63, 3.8) is 0 Å². The van der Waals surface area contributed by atoms with Gasteiger partial charge in [0.2, 0.25) is 0 Å². The Morgan fingerprint density at radius 2 is 1.29 bits per heavy atom. The first-order valence-corrected chi connectivity index (χ1v) is 11.2. The summed E-state index contributed by atoms with van der Waals surface area (Å²) in [5, 5.41) is 0.564. The van der Waals surface area contributed by atoms with Crippen molar-refractivity contribution >= 4 is 23.8 Å². The van der Waals surface area contributed by atoms with E-state index in [1.807, 2.05) is 24.3 Å². The number of furan rings is 1. The van der Waals surface area contributed by atoms with Crippen molar-refractivity contribution in [3.8, 4) is 34.0 Å². The fraction of sp³-hybridized carbons (Fsp3) is 0. The van der Waals surface area contributed by atoms with E-state index in [4.69, 9.17) is 28.2 Å². The van der Waals surface area contributed by atoms with Crippen LogP contribution in [0.4, 0.5) is 0 Å². The molecule has 0 saturated carbocycles. The molecule has 166 valence electrons. The SMILES string of the molecule is O=c1cc(-c2ccc(-c3cccc(Cl)c3)o2)c(=O)n(-c2ccccc2)c(=S)n1-c1ccccc1. The Labute approximate surface area is 204 Å². The van der Waals surface area contributed by atoms with Gasteiger partial charge in [-0.2, -0.15) is 0 Å². The molecule has 5 rings (SSSR count). The first kappa shape index (κ1) is 21.8. The Hall–Kier alpha value is -4.00. The molecule has 0 aliphatic carbocycles. The van der Waals surface area contributed by atoms with E-state index in [2.05, 4.69) is 0 Å². The number of nitrogens with zero attached hydrogens (tertiary/aromatic N) is 2. The van der Waals surface area contributed by atoms with Crippen molar-refractivity contribution in [2.45, 2.75) is 0 Å². The number of para-hydroxylation sites is 2. The van der Waals surface area contributed by atoms with Crippen LogP contribution < -0.4 is 11.1 Å². The second-order valence-corrected chi connectivity index (χ2v) is 8.30. The minimum absolute atomic E-state index is 0.0558. The van der Waals surface area contributed by atoms with Crippen LogP contribution >= 0.6 is 23.8 Å². The molecule has 5 nitrogen and oxygen atoms in total. The Morgan fingerprint density at radius 3 is 1.94 bits per heavy atom. The fourth-order valence-corrected chi connectivity index (χ4v) is 4.30. The van der Waals surface area contributed by atoms with Crippen LogP contribution in [0.25, 0.3) is 34.0 Å². The summed E-state index contributed by atoms with van der Waals surface area (Å²) in [5.41, 5.74) is 1.05. The second kappa shape index (κ2) is 9.09. The van der Waals surface area contributed by atoms with Crippen molar-refractivity contribution < 1.29 is 4.42 Å². The Bertz CT molecular complexity index is 1670. The lowest BCUT2D eigenvalue weighted by atomic mass is 10.2. The maximum absolute atomic E-state index is 13.8. The van der Waals surface area contributed by atoms with Gasteiger partial charge in [-0.3, -0.25) is 18.7 Å². The van der Waals surface area contributed by atoms with E-state index >= 15 is 0 Å². The lowest BCUT2D eigenvalue weighted by molar-refractivity contribution is 0.596. The van der Waals surface area contributed by atoms with Gasteiger partial charge in [0.25, 0.3) is 11.1 Å². The smallest absolute Gasteiger partial charge is 0.268 e. The van der Waals surface area contributed by atoms with E-state index < -0.39 is 11.1 Å². The molecular weight excluding hydrogens is 468 g/mol. The van der Waals surface area contributed by atoms with Crippen LogP contribution in [0, 0.1) is 4.77 Å². The number of hydrogen-bond donors (Lipinski definition) is 0. The van der Waals surface area contributed by atoms with Crippen molar-refractivity contribution in [1.82, 2.24) is 9.13 Å². The minimum atomic E-state index is -0.463. The van der Waals surface area contributed by atoms with Gasteiger partial charge >= 0.3 is 0 Å². The van der Waals surface area contributed by atoms with E-state index in [0.717, 1.165) is 5.56 Å². The highest BCUT2D eigenvalue weighted by molar-refractivity contribution is 7.71. The lowest BCUT2D eigenvalue weighted by Gasteiger charge is -2.08. The third-order valence-electron chi connectivity index (χ3n) is 5.31. The molecule has 2 aromatic heterocycles. The van der Waals surface area contributed by atoms with Gasteiger partial charge in [-0.1, -0.05) is 60.1 Å². The van der Waals surface area contributed by atoms with Crippen LogP contribution in [0.5, 0.6) is 0 Å². The molecule has 2 heterocycles. The molecule has 0 bridgehead atoms. The highest BCUT2D eigenvalue weighted by Gasteiger charge is 2.17. The van der Waals surface area contributed by atoms with Crippen molar-refractivity contribution in [3.05, 3.63) is 134 Å². The van der Waals surface area contributed by atoms with Crippen LogP contribution in [-0.2, 0) is 0 Å². The molecule has 5 aromatic rings. The third kappa shape index (κ3) is 4.05. The van der Waals surface area contributed by atoms with Gasteiger partial charge in [0, 0.05) is 16.7 Å². The van der Waals surface area contributed by atoms with E-state index in [0.29, 0.717) is 22.2 Å². The van der Waals surface area contributed by atoms with Gasteiger partial charge in [0.15, 0.2) is 4.77 Å². The largest absolute Gasteiger partial charge is 0.456 e. The van der Waals surface area contributed by atoms with Gasteiger partial charge in [-0.25, -0.2) is 0 Å². The average Bonchev–Trinajstić information content (AvgIpc) is 3.31. The quantitative estimate of drug-likeness (QED) is 0.281. The number of halogens is 1. The summed E-state index contributed by atoms with van der Waals surface area (Å²) in [6.45, 7) is 0. The summed E-state index contributed by atoms with van der Waals surface area (Å²) < 4.78 is 8.76. The third-order valence-corrected chi connectivity index (χ3v) is 5.91. The molecule has 34 heavy (non-hydrogen) atoms. The maximum Gasteiger partial charge on any atom is 0.268 e. The van der Waals surface area contributed by atoms with Crippen molar-refractivity contribution in [2.75, 3.05) is 0 Å². The van der Waals surface area contributed by atoms with Crippen LogP contribution in [0.3, 0.4) is 0 Å². The summed E-state index contributed by atoms with van der Waals surface area (Å²) in [6.07, 6.45) is 0. The summed E-state index contributed by atoms with van der Waals surface area (Å²) >= 11 is 11.8. The zero-order chi connectivity index (χ0) is 23.7. The van der Waals surface area contributed by atoms with Crippen LogP contribution in [0.1, 0.15) is 0 Å². The number of hydrogen-bond acceptors (Lipinski definition) is 4. The molecule has 0 saturated heterocycles. The average molecular weight is 485 g/mol. The van der Waals surface area contributed by atoms with E-state index in [1.165, 1.54) is 15.2 Å². The monoisotopic (exact) mass is 484 g/mol.